The van der Waals surface area contributed by atoms with Crippen molar-refractivity contribution in [3.05, 3.63) is 64.4 Å². The van der Waals surface area contributed by atoms with Crippen LogP contribution in [0.2, 0.25) is 5.02 Å². The lowest BCUT2D eigenvalue weighted by molar-refractivity contribution is -0.137. The van der Waals surface area contributed by atoms with Gasteiger partial charge in [-0.05, 0) is 55.3 Å². The van der Waals surface area contributed by atoms with Gasteiger partial charge >= 0.3 is 6.18 Å². The molecule has 1 amide bonds. The van der Waals surface area contributed by atoms with Gasteiger partial charge in [0.1, 0.15) is 11.6 Å². The van der Waals surface area contributed by atoms with E-state index in [1.165, 1.54) is 6.07 Å². The molecular formula is C21H18ClF4N3O2. The van der Waals surface area contributed by atoms with E-state index in [1.807, 2.05) is 0 Å². The molecule has 0 aromatic heterocycles. The van der Waals surface area contributed by atoms with Crippen LogP contribution in [0, 0.1) is 5.82 Å². The van der Waals surface area contributed by atoms with E-state index in [0.717, 1.165) is 36.4 Å². The number of hydrogen-bond donors (Lipinski definition) is 2. The Kier molecular flexibility index (Phi) is 6.94. The number of amides is 1. The van der Waals surface area contributed by atoms with Crippen molar-refractivity contribution in [2.75, 3.05) is 5.32 Å². The summed E-state index contributed by atoms with van der Waals surface area (Å²) in [5, 5.41) is 5.41. The van der Waals surface area contributed by atoms with Gasteiger partial charge in [-0.2, -0.15) is 13.2 Å². The summed E-state index contributed by atoms with van der Waals surface area (Å²) in [5.74, 6) is -1.20. The number of nitrogens with zero attached hydrogens (tertiary/aromatic N) is 1. The Balaban J connectivity index is 1.81. The summed E-state index contributed by atoms with van der Waals surface area (Å²) in [6, 6.07) is 7.14. The van der Waals surface area contributed by atoms with Crippen LogP contribution < -0.4 is 10.6 Å². The minimum absolute atomic E-state index is 0.0152. The highest BCUT2D eigenvalue weighted by Crippen LogP contribution is 2.29. The average Bonchev–Trinajstić information content (AvgIpc) is 2.68. The van der Waals surface area contributed by atoms with Gasteiger partial charge in [0.15, 0.2) is 0 Å². The molecule has 164 valence electrons. The summed E-state index contributed by atoms with van der Waals surface area (Å²) >= 11 is 5.86. The molecule has 5 nitrogen and oxygen atoms in total. The number of carbonyl (C=O) groups is 2. The number of alkyl halides is 3. The molecule has 10 heteroatoms. The second kappa shape index (κ2) is 9.47. The van der Waals surface area contributed by atoms with E-state index in [-0.39, 0.29) is 34.1 Å². The van der Waals surface area contributed by atoms with Gasteiger partial charge in [-0.15, -0.1) is 0 Å². The first kappa shape index (κ1) is 22.7. The molecule has 2 N–H and O–H groups in total. The van der Waals surface area contributed by atoms with Crippen molar-refractivity contribution in [2.24, 2.45) is 4.99 Å². The van der Waals surface area contributed by atoms with Gasteiger partial charge in [0.25, 0.3) is 5.91 Å². The number of Topliss-reactive ketones (excluding diaryl/α,β-unsaturated/α-hetero) is 1. The van der Waals surface area contributed by atoms with Gasteiger partial charge in [-0.25, -0.2) is 9.38 Å². The Bertz CT molecular complexity index is 976. The zero-order chi connectivity index (χ0) is 22.6. The second-order valence-corrected chi connectivity index (χ2v) is 7.50. The van der Waals surface area contributed by atoms with E-state index in [9.17, 15) is 27.2 Å². The predicted molar refractivity (Wildman–Crippen MR) is 109 cm³/mol. The molecule has 1 saturated carbocycles. The summed E-state index contributed by atoms with van der Waals surface area (Å²) in [5.41, 5.74) is -0.667. The monoisotopic (exact) mass is 455 g/mol. The molecule has 31 heavy (non-hydrogen) atoms. The number of rotatable bonds is 3. The maximum Gasteiger partial charge on any atom is 0.416 e. The van der Waals surface area contributed by atoms with Crippen LogP contribution >= 0.6 is 11.6 Å². The van der Waals surface area contributed by atoms with Gasteiger partial charge in [0, 0.05) is 29.1 Å². The highest BCUT2D eigenvalue weighted by molar-refractivity contribution is 6.31. The Morgan fingerprint density at radius 2 is 1.71 bits per heavy atom. The fourth-order valence-electron chi connectivity index (χ4n) is 3.09. The number of hydrogen-bond acceptors (Lipinski definition) is 3. The minimum Gasteiger partial charge on any atom is -0.326 e. The number of ketones is 1. The van der Waals surface area contributed by atoms with E-state index < -0.39 is 23.5 Å². The molecule has 1 aliphatic rings. The molecular weight excluding hydrogens is 438 g/mol. The van der Waals surface area contributed by atoms with Crippen molar-refractivity contribution in [1.29, 1.82) is 0 Å². The largest absolute Gasteiger partial charge is 0.416 e. The first-order valence-electron chi connectivity index (χ1n) is 9.41. The number of halogens is 5. The van der Waals surface area contributed by atoms with Crippen LogP contribution in [-0.4, -0.2) is 23.7 Å². The average molecular weight is 456 g/mol. The molecule has 0 unspecified atom stereocenters. The lowest BCUT2D eigenvalue weighted by atomic mass is 9.95. The molecule has 1 aliphatic carbocycles. The third-order valence-electron chi connectivity index (χ3n) is 4.66. The Hall–Kier alpha value is -2.94. The van der Waals surface area contributed by atoms with E-state index in [0.29, 0.717) is 25.7 Å². The Morgan fingerprint density at radius 1 is 1.06 bits per heavy atom. The van der Waals surface area contributed by atoms with E-state index in [1.54, 1.807) is 0 Å². The van der Waals surface area contributed by atoms with E-state index >= 15 is 0 Å². The summed E-state index contributed by atoms with van der Waals surface area (Å²) in [6.45, 7) is 0. The van der Waals surface area contributed by atoms with E-state index in [4.69, 9.17) is 11.6 Å². The molecule has 2 aromatic rings. The first-order valence-corrected chi connectivity index (χ1v) is 9.79. The van der Waals surface area contributed by atoms with Gasteiger partial charge in [0.2, 0.25) is 5.96 Å². The number of benzene rings is 2. The standard InChI is InChI=1S/C21H18ClF4N3O2/c22-14-9-15(23)11-17(10-14)28-20(27-16-5-7-18(30)8-6-16)29-19(31)12-1-3-13(4-2-12)21(24,25)26/h1-4,9-11,16H,5-8H2,(H2,27,28,29,31). The molecule has 3 rings (SSSR count). The van der Waals surface area contributed by atoms with Gasteiger partial charge in [-0.3, -0.25) is 14.9 Å². The zero-order valence-electron chi connectivity index (χ0n) is 16.1. The van der Waals surface area contributed by atoms with Gasteiger partial charge in [0.05, 0.1) is 11.6 Å². The Morgan fingerprint density at radius 3 is 2.29 bits per heavy atom. The highest BCUT2D eigenvalue weighted by atomic mass is 35.5. The molecule has 0 aliphatic heterocycles. The fourth-order valence-corrected chi connectivity index (χ4v) is 3.31. The third kappa shape index (κ3) is 6.52. The number of carbonyl (C=O) groups excluding carboxylic acids is 2. The molecule has 0 spiro atoms. The smallest absolute Gasteiger partial charge is 0.326 e. The van der Waals surface area contributed by atoms with Crippen LogP contribution in [-0.2, 0) is 11.0 Å². The van der Waals surface area contributed by atoms with Crippen LogP contribution in [0.1, 0.15) is 41.6 Å². The van der Waals surface area contributed by atoms with Crippen molar-refractivity contribution < 1.29 is 27.2 Å². The SMILES string of the molecule is O=C1CCC(N=C(NC(=O)c2ccc(C(F)(F)F)cc2)Nc2cc(F)cc(Cl)c2)CC1. The Labute approximate surface area is 180 Å². The second-order valence-electron chi connectivity index (χ2n) is 7.06. The van der Waals surface area contributed by atoms with E-state index in [2.05, 4.69) is 15.6 Å². The lowest BCUT2D eigenvalue weighted by Crippen LogP contribution is -2.37. The first-order chi connectivity index (χ1) is 14.6. The third-order valence-corrected chi connectivity index (χ3v) is 4.87. The number of guanidine groups is 1. The minimum atomic E-state index is -4.52. The number of nitrogens with one attached hydrogen (secondary N) is 2. The molecule has 0 atom stereocenters. The van der Waals surface area contributed by atoms with Crippen molar-refractivity contribution >= 4 is 34.9 Å². The van der Waals surface area contributed by atoms with Crippen LogP contribution in [0.25, 0.3) is 0 Å². The van der Waals surface area contributed by atoms with Gasteiger partial charge < -0.3 is 5.32 Å². The summed E-state index contributed by atoms with van der Waals surface area (Å²) in [7, 11) is 0. The maximum absolute atomic E-state index is 13.7. The topological polar surface area (TPSA) is 70.6 Å². The number of aliphatic imine (C=N–C) groups is 1. The summed E-state index contributed by atoms with van der Waals surface area (Å²) in [4.78, 5) is 28.4. The molecule has 0 heterocycles. The molecule has 0 bridgehead atoms. The van der Waals surface area contributed by atoms with Crippen LogP contribution in [0.4, 0.5) is 23.2 Å². The maximum atomic E-state index is 13.7. The van der Waals surface area contributed by atoms with Crippen molar-refractivity contribution in [1.82, 2.24) is 5.32 Å². The molecule has 0 saturated heterocycles. The summed E-state index contributed by atoms with van der Waals surface area (Å²) < 4.78 is 51.9. The quantitative estimate of drug-likeness (QED) is 0.379. The number of anilines is 1. The zero-order valence-corrected chi connectivity index (χ0v) is 16.9. The fraction of sp³-hybridized carbons (Fsp3) is 0.286. The van der Waals surface area contributed by atoms with Crippen LogP contribution in [0.5, 0.6) is 0 Å². The van der Waals surface area contributed by atoms with Crippen molar-refractivity contribution in [2.45, 2.75) is 37.9 Å². The highest BCUT2D eigenvalue weighted by Gasteiger charge is 2.30. The van der Waals surface area contributed by atoms with Crippen molar-refractivity contribution in [3.63, 3.8) is 0 Å². The van der Waals surface area contributed by atoms with Gasteiger partial charge in [-0.1, -0.05) is 11.6 Å². The van der Waals surface area contributed by atoms with Crippen LogP contribution in [0.3, 0.4) is 0 Å². The normalized spacial score (nSPS) is 15.6. The predicted octanol–water partition coefficient (Wildman–Crippen LogP) is 5.21. The lowest BCUT2D eigenvalue weighted by Gasteiger charge is -2.20. The molecule has 0 radical (unpaired) electrons. The molecule has 1 fully saturated rings. The molecule has 2 aromatic carbocycles. The summed E-state index contributed by atoms with van der Waals surface area (Å²) in [6.07, 6.45) is -2.81. The van der Waals surface area contributed by atoms with Crippen LogP contribution in [0.15, 0.2) is 47.5 Å². The van der Waals surface area contributed by atoms with Crippen molar-refractivity contribution in [3.8, 4) is 0 Å².